The van der Waals surface area contributed by atoms with Crippen LogP contribution in [0.1, 0.15) is 5.56 Å². The van der Waals surface area contributed by atoms with E-state index in [1.165, 1.54) is 9.80 Å². The molecule has 1 fully saturated rings. The van der Waals surface area contributed by atoms with Gasteiger partial charge in [0.15, 0.2) is 6.04 Å². The summed E-state index contributed by atoms with van der Waals surface area (Å²) in [4.78, 5) is 37.8. The molecule has 106 valence electrons. The van der Waals surface area contributed by atoms with Crippen molar-refractivity contribution in [2.24, 2.45) is 0 Å². The smallest absolute Gasteiger partial charge is 0.254 e. The fourth-order valence-corrected chi connectivity index (χ4v) is 2.11. The van der Waals surface area contributed by atoms with E-state index in [1.807, 2.05) is 30.3 Å². The number of benzene rings is 1. The number of carbonyl (C=O) groups is 3. The van der Waals surface area contributed by atoms with E-state index in [0.717, 1.165) is 5.56 Å². The zero-order valence-corrected chi connectivity index (χ0v) is 11.3. The molecule has 6 heteroatoms. The zero-order chi connectivity index (χ0) is 14.5. The summed E-state index contributed by atoms with van der Waals surface area (Å²) in [6.07, 6.45) is 0.553. The normalized spacial score (nSPS) is 18.9. The molecule has 6 nitrogen and oxygen atoms in total. The predicted molar refractivity (Wildman–Crippen MR) is 72.5 cm³/mol. The topological polar surface area (TPSA) is 69.7 Å². The fourth-order valence-electron chi connectivity index (χ4n) is 2.11. The summed E-state index contributed by atoms with van der Waals surface area (Å²) in [7, 11) is 1.63. The third kappa shape index (κ3) is 2.96. The van der Waals surface area contributed by atoms with Crippen LogP contribution >= 0.6 is 0 Å². The van der Waals surface area contributed by atoms with Crippen molar-refractivity contribution in [2.75, 3.05) is 20.1 Å². The maximum Gasteiger partial charge on any atom is 0.254 e. The Balaban J connectivity index is 2.02. The number of nitrogens with one attached hydrogen (secondary N) is 1. The molecule has 1 unspecified atom stereocenters. The number of hydrogen-bond acceptors (Lipinski definition) is 3. The van der Waals surface area contributed by atoms with Crippen LogP contribution < -0.4 is 5.32 Å². The molecule has 1 heterocycles. The van der Waals surface area contributed by atoms with Gasteiger partial charge in [-0.1, -0.05) is 30.3 Å². The number of amides is 3. The van der Waals surface area contributed by atoms with E-state index >= 15 is 0 Å². The van der Waals surface area contributed by atoms with Gasteiger partial charge in [-0.2, -0.15) is 0 Å². The van der Waals surface area contributed by atoms with Gasteiger partial charge in [-0.3, -0.25) is 14.4 Å². The molecule has 20 heavy (non-hydrogen) atoms. The lowest BCUT2D eigenvalue weighted by atomic mass is 10.1. The van der Waals surface area contributed by atoms with Crippen LogP contribution in [0.3, 0.4) is 0 Å². The Morgan fingerprint density at radius 3 is 2.70 bits per heavy atom. The Hall–Kier alpha value is -2.37. The summed E-state index contributed by atoms with van der Waals surface area (Å²) < 4.78 is 0. The van der Waals surface area contributed by atoms with Gasteiger partial charge in [-0.15, -0.1) is 0 Å². The van der Waals surface area contributed by atoms with Crippen molar-refractivity contribution in [2.45, 2.75) is 12.6 Å². The van der Waals surface area contributed by atoms with Crippen LogP contribution in [0.5, 0.6) is 0 Å². The minimum absolute atomic E-state index is 0.333. The third-order valence-corrected chi connectivity index (χ3v) is 3.33. The molecular weight excluding hydrogens is 258 g/mol. The summed E-state index contributed by atoms with van der Waals surface area (Å²) >= 11 is 0. The van der Waals surface area contributed by atoms with E-state index in [0.29, 0.717) is 26.0 Å². The van der Waals surface area contributed by atoms with Gasteiger partial charge >= 0.3 is 0 Å². The first kappa shape index (κ1) is 14.0. The summed E-state index contributed by atoms with van der Waals surface area (Å²) in [5.41, 5.74) is 0.940. The quantitative estimate of drug-likeness (QED) is 0.600. The van der Waals surface area contributed by atoms with Gasteiger partial charge in [0.05, 0.1) is 0 Å². The number of likely N-dealkylation sites (N-methyl/N-ethyl adjacent to an activating group) is 1. The van der Waals surface area contributed by atoms with E-state index < -0.39 is 11.9 Å². The Morgan fingerprint density at radius 2 is 2.05 bits per heavy atom. The van der Waals surface area contributed by atoms with Crippen molar-refractivity contribution in [3.05, 3.63) is 35.9 Å². The highest BCUT2D eigenvalue weighted by molar-refractivity contribution is 6.06. The maximum absolute atomic E-state index is 12.1. The molecule has 0 aromatic heterocycles. The second-order valence-electron chi connectivity index (χ2n) is 4.71. The van der Waals surface area contributed by atoms with Crippen LogP contribution in [-0.2, 0) is 20.9 Å². The summed E-state index contributed by atoms with van der Waals surface area (Å²) in [6.45, 7) is 1.15. The van der Waals surface area contributed by atoms with Crippen molar-refractivity contribution in [3.63, 3.8) is 0 Å². The Labute approximate surface area is 117 Å². The summed E-state index contributed by atoms with van der Waals surface area (Å²) in [5, 5.41) is 2.70. The molecule has 1 aliphatic rings. The van der Waals surface area contributed by atoms with Crippen LogP contribution in [0.2, 0.25) is 0 Å². The van der Waals surface area contributed by atoms with Crippen LogP contribution in [-0.4, -0.2) is 54.2 Å². The first-order valence-electron chi connectivity index (χ1n) is 6.41. The second-order valence-corrected chi connectivity index (χ2v) is 4.71. The number of rotatable bonds is 4. The first-order chi connectivity index (χ1) is 9.63. The fraction of sp³-hybridized carbons (Fsp3) is 0.357. The molecule has 0 saturated carbocycles. The zero-order valence-electron chi connectivity index (χ0n) is 11.3. The standard InChI is InChI=1S/C14H17N3O3/c1-16-7-8-17(10-18)12(14(16)20)13(19)15-9-11-5-3-2-4-6-11/h2-6,10,12H,7-9H2,1H3,(H,15,19). The number of piperazine rings is 1. The number of nitrogens with zero attached hydrogens (tertiary/aromatic N) is 2. The number of hydrogen-bond donors (Lipinski definition) is 1. The summed E-state index contributed by atoms with van der Waals surface area (Å²) in [5.74, 6) is -0.800. The van der Waals surface area contributed by atoms with Crippen LogP contribution in [0.4, 0.5) is 0 Å². The van der Waals surface area contributed by atoms with Gasteiger partial charge in [0, 0.05) is 26.7 Å². The van der Waals surface area contributed by atoms with Gasteiger partial charge in [0.1, 0.15) is 0 Å². The van der Waals surface area contributed by atoms with E-state index in [1.54, 1.807) is 7.05 Å². The average Bonchev–Trinajstić information content (AvgIpc) is 2.48. The van der Waals surface area contributed by atoms with E-state index in [4.69, 9.17) is 0 Å². The van der Waals surface area contributed by atoms with Gasteiger partial charge in [0.2, 0.25) is 6.41 Å². The van der Waals surface area contributed by atoms with Gasteiger partial charge < -0.3 is 15.1 Å². The molecule has 1 aliphatic heterocycles. The summed E-state index contributed by atoms with van der Waals surface area (Å²) in [6, 6.07) is 8.34. The molecule has 2 rings (SSSR count). The average molecular weight is 275 g/mol. The molecule has 3 amide bonds. The van der Waals surface area contributed by atoms with Gasteiger partial charge in [-0.05, 0) is 5.56 Å². The van der Waals surface area contributed by atoms with Crippen molar-refractivity contribution in [3.8, 4) is 0 Å². The lowest BCUT2D eigenvalue weighted by Gasteiger charge is -2.35. The molecule has 0 aliphatic carbocycles. The number of carbonyl (C=O) groups excluding carboxylic acids is 3. The molecule has 1 aromatic carbocycles. The monoisotopic (exact) mass is 275 g/mol. The van der Waals surface area contributed by atoms with Gasteiger partial charge in [-0.25, -0.2) is 0 Å². The minimum atomic E-state index is -1.06. The second kappa shape index (κ2) is 6.18. The maximum atomic E-state index is 12.1. The molecular formula is C14H17N3O3. The molecule has 0 bridgehead atoms. The lowest BCUT2D eigenvalue weighted by Crippen LogP contribution is -2.60. The first-order valence-corrected chi connectivity index (χ1v) is 6.41. The Bertz CT molecular complexity index is 504. The van der Waals surface area contributed by atoms with Gasteiger partial charge in [0.25, 0.3) is 11.8 Å². The van der Waals surface area contributed by atoms with E-state index in [-0.39, 0.29) is 5.91 Å². The van der Waals surface area contributed by atoms with E-state index in [9.17, 15) is 14.4 Å². The van der Waals surface area contributed by atoms with Crippen molar-refractivity contribution in [1.29, 1.82) is 0 Å². The van der Waals surface area contributed by atoms with Crippen LogP contribution in [0, 0.1) is 0 Å². The SMILES string of the molecule is CN1CCN(C=O)C(C(=O)NCc2ccccc2)C1=O. The highest BCUT2D eigenvalue weighted by atomic mass is 16.2. The van der Waals surface area contributed by atoms with Crippen molar-refractivity contribution < 1.29 is 14.4 Å². The van der Waals surface area contributed by atoms with Crippen molar-refractivity contribution in [1.82, 2.24) is 15.1 Å². The largest absolute Gasteiger partial charge is 0.350 e. The molecule has 1 atom stereocenters. The lowest BCUT2D eigenvalue weighted by molar-refractivity contribution is -0.151. The Morgan fingerprint density at radius 1 is 1.35 bits per heavy atom. The molecule has 1 N–H and O–H groups in total. The highest BCUT2D eigenvalue weighted by Gasteiger charge is 2.37. The highest BCUT2D eigenvalue weighted by Crippen LogP contribution is 2.09. The molecule has 1 aromatic rings. The predicted octanol–water partition coefficient (Wildman–Crippen LogP) is -0.398. The van der Waals surface area contributed by atoms with Crippen molar-refractivity contribution >= 4 is 18.2 Å². The minimum Gasteiger partial charge on any atom is -0.350 e. The molecule has 0 radical (unpaired) electrons. The van der Waals surface area contributed by atoms with Crippen LogP contribution in [0.15, 0.2) is 30.3 Å². The third-order valence-electron chi connectivity index (χ3n) is 3.33. The van der Waals surface area contributed by atoms with Crippen LogP contribution in [0.25, 0.3) is 0 Å². The molecule has 1 saturated heterocycles. The molecule has 0 spiro atoms. The van der Waals surface area contributed by atoms with E-state index in [2.05, 4.69) is 5.32 Å². The Kier molecular flexibility index (Phi) is 4.34.